The Hall–Kier alpha value is -5.21. The summed E-state index contributed by atoms with van der Waals surface area (Å²) in [6.07, 6.45) is -6.58. The maximum Gasteiger partial charge on any atom is 0.409 e. The molecule has 0 aliphatic carbocycles. The number of aliphatic hydroxyl groups excluding tert-OH is 4. The summed E-state index contributed by atoms with van der Waals surface area (Å²) >= 11 is 3.45. The number of aliphatic hydroxyl groups is 6. The van der Waals surface area contributed by atoms with Crippen LogP contribution in [0.15, 0.2) is 77.3 Å². The number of ketones is 1. The van der Waals surface area contributed by atoms with Gasteiger partial charge in [0.1, 0.15) is 48.0 Å². The fourth-order valence-corrected chi connectivity index (χ4v) is 16.1. The number of hydrogen-bond donors (Lipinski definition) is 6. The topological polar surface area (TPSA) is 312 Å². The zero-order chi connectivity index (χ0) is 81.4. The van der Waals surface area contributed by atoms with Crippen molar-refractivity contribution >= 4 is 54.3 Å². The summed E-state index contributed by atoms with van der Waals surface area (Å²) in [7, 11) is 7.04. The van der Waals surface area contributed by atoms with Gasteiger partial charge in [0.15, 0.2) is 20.9 Å². The first kappa shape index (κ1) is 92.7. The molecule has 6 N–H and O–H groups in total. The Kier molecular flexibility index (Phi) is 34.6. The van der Waals surface area contributed by atoms with Crippen LogP contribution in [0.25, 0.3) is 0 Å². The van der Waals surface area contributed by atoms with Gasteiger partial charge in [-0.3, -0.25) is 9.59 Å². The highest BCUT2D eigenvalue weighted by Crippen LogP contribution is 2.42. The molecule has 6 aliphatic rings. The lowest BCUT2D eigenvalue weighted by atomic mass is 9.74. The highest BCUT2D eigenvalue weighted by Gasteiger charge is 2.54. The number of likely N-dealkylation sites (N-methyl/N-ethyl adjacent to an activating group) is 4. The van der Waals surface area contributed by atoms with Gasteiger partial charge in [0.2, 0.25) is 0 Å². The van der Waals surface area contributed by atoms with Crippen molar-refractivity contribution < 1.29 is 102 Å². The highest BCUT2D eigenvalue weighted by molar-refractivity contribution is 9.10. The number of rotatable bonds is 21. The van der Waals surface area contributed by atoms with E-state index in [1.165, 1.54) is 33.4 Å². The Balaban J connectivity index is 0.000000342. The molecule has 6 saturated heterocycles. The molecule has 6 fully saturated rings. The minimum absolute atomic E-state index is 0.0452. The third-order valence-electron chi connectivity index (χ3n) is 23.0. The third-order valence-corrected chi connectivity index (χ3v) is 28.1. The summed E-state index contributed by atoms with van der Waals surface area (Å²) in [5, 5.41) is 68.1. The molecule has 21 atom stereocenters. The number of nitrogens with zero attached hydrogens (tertiary/aromatic N) is 4. The first-order chi connectivity index (χ1) is 50.9. The van der Waals surface area contributed by atoms with Crippen LogP contribution in [0.4, 0.5) is 14.4 Å². The van der Waals surface area contributed by atoms with E-state index in [2.05, 4.69) is 91.1 Å². The zero-order valence-electron chi connectivity index (χ0n) is 68.6. The summed E-state index contributed by atoms with van der Waals surface area (Å²) in [6.45, 7) is 33.3. The van der Waals surface area contributed by atoms with E-state index in [-0.39, 0.29) is 68.6 Å². The van der Waals surface area contributed by atoms with Crippen molar-refractivity contribution in [3.8, 4) is 0 Å². The molecule has 27 heteroatoms. The van der Waals surface area contributed by atoms with Crippen LogP contribution in [0.1, 0.15) is 157 Å². The van der Waals surface area contributed by atoms with Gasteiger partial charge >= 0.3 is 24.2 Å². The molecule has 0 radical (unpaired) electrons. The molecule has 3 amide bonds. The van der Waals surface area contributed by atoms with Crippen LogP contribution < -0.4 is 0 Å². The molecule has 0 spiro atoms. The van der Waals surface area contributed by atoms with E-state index >= 15 is 0 Å². The lowest BCUT2D eigenvalue weighted by Crippen LogP contribution is -2.61. The number of Topliss-reactive ketones (excluding diaryl/α,β-unsaturated/α-hetero) is 1. The van der Waals surface area contributed by atoms with E-state index in [4.69, 9.17) is 52.2 Å². The van der Waals surface area contributed by atoms with E-state index in [0.29, 0.717) is 50.4 Å². The van der Waals surface area contributed by atoms with Gasteiger partial charge in [-0.2, -0.15) is 0 Å². The first-order valence-corrected chi connectivity index (χ1v) is 42.6. The molecule has 0 saturated carbocycles. The Morgan fingerprint density at radius 2 is 1.13 bits per heavy atom. The molecule has 109 heavy (non-hydrogen) atoms. The molecule has 0 aromatic heterocycles. The quantitative estimate of drug-likeness (QED) is 0.0328. The van der Waals surface area contributed by atoms with Gasteiger partial charge in [0, 0.05) is 95.5 Å². The number of amides is 3. The predicted octanol–water partition coefficient (Wildman–Crippen LogP) is 10.5. The number of carbonyl (C=O) groups is 5. The molecule has 25 nitrogen and oxygen atoms in total. The Morgan fingerprint density at radius 3 is 1.59 bits per heavy atom. The summed E-state index contributed by atoms with van der Waals surface area (Å²) in [4.78, 5) is 68.9. The lowest BCUT2D eigenvalue weighted by Gasteiger charge is -2.49. The van der Waals surface area contributed by atoms with Crippen molar-refractivity contribution in [1.29, 1.82) is 0 Å². The fourth-order valence-electron chi connectivity index (χ4n) is 14.8. The van der Waals surface area contributed by atoms with E-state index in [1.807, 2.05) is 57.3 Å². The first-order valence-electron chi connectivity index (χ1n) is 38.9. The zero-order valence-corrected chi connectivity index (χ0v) is 71.2. The van der Waals surface area contributed by atoms with E-state index < -0.39 is 122 Å². The SMILES string of the molecule is CC(C)(C)[Si](C)(C)OCCc1ccc(Br)cc1.CC[C@H]1CN(C)C(=O)O1.CC[C@H]1OC(=O)[C@H](C)[C@@H](O[C@H]2C[C@@](C)(OC)[C@@H](O)[C@H](C)O2)[C@H](C)[C@@H](O[C@@H]2O[C@H](C)C[C@H](N(C)CCc3ccc(C[C@@H]4CN(C)C(=O)O4)cc3)[C@H]2O)[C@](C)(O)C[C@@H](C)C(=O)[C@H](C)[C@@H](O)[C@]1(C)O.CN1C[C@H](Cc2ccc(CCO)cc2)OC1=O. The molecule has 616 valence electrons. The molecule has 0 unspecified atom stereocenters. The average Bonchev–Trinajstić information content (AvgIpc) is 1.34. The molecular formula is C82H131BrN4O21Si. The predicted molar refractivity (Wildman–Crippen MR) is 420 cm³/mol. The smallest absolute Gasteiger partial charge is 0.409 e. The number of cyclic esters (lactones) is 4. The Morgan fingerprint density at radius 1 is 0.642 bits per heavy atom. The third kappa shape index (κ3) is 25.6. The summed E-state index contributed by atoms with van der Waals surface area (Å²) in [5.74, 6) is -5.18. The number of ether oxygens (including phenoxy) is 9. The van der Waals surface area contributed by atoms with Crippen molar-refractivity contribution in [3.63, 3.8) is 0 Å². The second-order valence-electron chi connectivity index (χ2n) is 33.3. The number of halogens is 1. The summed E-state index contributed by atoms with van der Waals surface area (Å²) < 4.78 is 60.6. The molecule has 3 aromatic rings. The molecule has 6 aliphatic heterocycles. The van der Waals surface area contributed by atoms with Crippen molar-refractivity contribution in [3.05, 3.63) is 105 Å². The van der Waals surface area contributed by atoms with Crippen LogP contribution in [0, 0.1) is 23.7 Å². The molecule has 6 heterocycles. The van der Waals surface area contributed by atoms with E-state index in [9.17, 15) is 49.5 Å². The number of hydrogen-bond acceptors (Lipinski definition) is 22. The number of methoxy groups -OCH3 is 1. The van der Waals surface area contributed by atoms with Gasteiger partial charge in [0.25, 0.3) is 0 Å². The van der Waals surface area contributed by atoms with Crippen LogP contribution in [0.2, 0.25) is 18.1 Å². The van der Waals surface area contributed by atoms with Crippen LogP contribution in [-0.2, 0) is 88.8 Å². The van der Waals surface area contributed by atoms with Crippen LogP contribution in [-0.4, -0.2) is 266 Å². The average molecular weight is 1620 g/mol. The number of esters is 1. The monoisotopic (exact) mass is 1610 g/mol. The second kappa shape index (κ2) is 40.7. The van der Waals surface area contributed by atoms with Gasteiger partial charge in [-0.1, -0.05) is 132 Å². The van der Waals surface area contributed by atoms with Gasteiger partial charge in [0.05, 0.1) is 67.3 Å². The largest absolute Gasteiger partial charge is 0.459 e. The molecule has 9 rings (SSSR count). The van der Waals surface area contributed by atoms with Gasteiger partial charge in [-0.25, -0.2) is 14.4 Å². The normalized spacial score (nSPS) is 33.5. The van der Waals surface area contributed by atoms with Crippen molar-refractivity contribution in [2.24, 2.45) is 23.7 Å². The molecule has 3 aromatic carbocycles. The number of benzene rings is 3. The van der Waals surface area contributed by atoms with Gasteiger partial charge in [-0.15, -0.1) is 0 Å². The summed E-state index contributed by atoms with van der Waals surface area (Å²) in [5.41, 5.74) is 0.804. The fraction of sp³-hybridized carbons (Fsp3) is 0.720. The second-order valence-corrected chi connectivity index (χ2v) is 39.0. The maximum absolute atomic E-state index is 14.3. The highest BCUT2D eigenvalue weighted by atomic mass is 79.9. The van der Waals surface area contributed by atoms with Crippen LogP contribution >= 0.6 is 15.9 Å². The maximum atomic E-state index is 14.3. The Labute approximate surface area is 657 Å². The molecule has 0 bridgehead atoms. The van der Waals surface area contributed by atoms with E-state index in [1.54, 1.807) is 77.4 Å². The standard InChI is InChI=1S/C49H80N2O15.C14H23BrOSi.C13H17NO3.C6H11NO2/c1-14-36-49(10,59)41(54)28(4)38(52)26(2)23-47(8,58)43(29(5)40(30(6)44(56)64-36)65-37-24-48(9,60-13)42(55)31(7)62-37)66-45-39(53)35(21-27(3)61-45)50(11)20-19-32-15-17-33(18-16-32)22-34-25-51(12)46(57)63-34;1-14(2,3)17(4,5)16-11-10-12-6-8-13(15)9-7-12;1-14-9-12(17-13(14)16)8-11-4-2-10(3-5-11)6-7-15;1-3-5-4-7(2)6(8)9-5/h15-18,26-31,34-37,39-43,45,53-55,58-59H,14,19-25H2,1-13H3;6-9H,10-11H2,1-5H3;2-5,12,15H,6-9H2,1H3;5H,3-4H2,1-2H3/t26-,27-,28+,29+,30-,31+,34-,35+,36-,37+,39-,40+,41-,42+,43-,45+,47-,48-,49-;;12-;5-/m1.00/s1. The van der Waals surface area contributed by atoms with Gasteiger partial charge in [-0.05, 0) is 152 Å². The Bertz CT molecular complexity index is 3350. The van der Waals surface area contributed by atoms with Crippen LogP contribution in [0.3, 0.4) is 0 Å². The molecular weight excluding hydrogens is 1480 g/mol. The van der Waals surface area contributed by atoms with Gasteiger partial charge < -0.3 is 97.3 Å². The number of carbonyl (C=O) groups excluding carboxylic acids is 5. The minimum Gasteiger partial charge on any atom is -0.459 e. The minimum atomic E-state index is -2.03. The summed E-state index contributed by atoms with van der Waals surface area (Å²) in [6, 6.07) is 24.3. The van der Waals surface area contributed by atoms with Crippen LogP contribution in [0.5, 0.6) is 0 Å². The lowest BCUT2D eigenvalue weighted by molar-refractivity contribution is -0.318. The van der Waals surface area contributed by atoms with Crippen molar-refractivity contribution in [2.45, 2.75) is 282 Å². The van der Waals surface area contributed by atoms with E-state index in [0.717, 1.165) is 59.1 Å². The van der Waals surface area contributed by atoms with Crippen molar-refractivity contribution in [2.75, 3.05) is 74.7 Å². The van der Waals surface area contributed by atoms with Crippen molar-refractivity contribution in [1.82, 2.24) is 19.6 Å².